The van der Waals surface area contributed by atoms with Crippen LogP contribution < -0.4 is 10.5 Å². The van der Waals surface area contributed by atoms with Crippen LogP contribution in [-0.4, -0.2) is 22.4 Å². The van der Waals surface area contributed by atoms with Crippen molar-refractivity contribution in [1.29, 1.82) is 0 Å². The van der Waals surface area contributed by atoms with Crippen molar-refractivity contribution in [3.8, 4) is 5.75 Å². The highest BCUT2D eigenvalue weighted by atomic mass is 35.5. The number of halogens is 1. The molecule has 2 heterocycles. The quantitative estimate of drug-likeness (QED) is 0.945. The number of aryl methyl sites for hydroxylation is 2. The van der Waals surface area contributed by atoms with Crippen LogP contribution in [0.25, 0.3) is 0 Å². The van der Waals surface area contributed by atoms with Gasteiger partial charge in [-0.15, -0.1) is 0 Å². The summed E-state index contributed by atoms with van der Waals surface area (Å²) < 4.78 is 7.67. The van der Waals surface area contributed by atoms with E-state index < -0.39 is 0 Å². The molecule has 1 aliphatic rings. The van der Waals surface area contributed by atoms with Gasteiger partial charge in [-0.3, -0.25) is 4.68 Å². The molecule has 2 atom stereocenters. The van der Waals surface area contributed by atoms with Gasteiger partial charge in [-0.2, -0.15) is 5.10 Å². The molecule has 2 aromatic rings. The monoisotopic (exact) mass is 305 g/mol. The van der Waals surface area contributed by atoms with Gasteiger partial charge in [0.2, 0.25) is 0 Å². The molecule has 0 bridgehead atoms. The van der Waals surface area contributed by atoms with Gasteiger partial charge in [-0.05, 0) is 19.9 Å². The van der Waals surface area contributed by atoms with Gasteiger partial charge in [0.1, 0.15) is 5.75 Å². The smallest absolute Gasteiger partial charge is 0.122 e. The number of nitrogens with two attached hydrogens (primary N) is 1. The third-order valence-electron chi connectivity index (χ3n) is 4.14. The van der Waals surface area contributed by atoms with E-state index in [0.29, 0.717) is 13.0 Å². The number of hydrogen-bond donors (Lipinski definition) is 1. The van der Waals surface area contributed by atoms with E-state index in [2.05, 4.69) is 18.1 Å². The van der Waals surface area contributed by atoms with Gasteiger partial charge in [-0.1, -0.05) is 29.8 Å². The molecule has 1 aliphatic heterocycles. The van der Waals surface area contributed by atoms with Crippen molar-refractivity contribution >= 4 is 11.6 Å². The fourth-order valence-electron chi connectivity index (χ4n) is 2.97. The van der Waals surface area contributed by atoms with Crippen molar-refractivity contribution in [2.45, 2.75) is 38.8 Å². The molecule has 2 N–H and O–H groups in total. The maximum absolute atomic E-state index is 6.45. The van der Waals surface area contributed by atoms with E-state index in [1.54, 1.807) is 0 Å². The van der Waals surface area contributed by atoms with Gasteiger partial charge in [0.05, 0.1) is 23.0 Å². The Morgan fingerprint density at radius 1 is 1.48 bits per heavy atom. The van der Waals surface area contributed by atoms with Crippen LogP contribution in [0, 0.1) is 6.92 Å². The average Bonchev–Trinajstić information content (AvgIpc) is 3.03. The van der Waals surface area contributed by atoms with E-state index >= 15 is 0 Å². The van der Waals surface area contributed by atoms with E-state index in [9.17, 15) is 0 Å². The lowest BCUT2D eigenvalue weighted by atomic mass is 9.91. The number of rotatable bonds is 4. The molecule has 5 heteroatoms. The molecule has 1 aromatic carbocycles. The zero-order valence-electron chi connectivity index (χ0n) is 12.3. The second kappa shape index (κ2) is 5.70. The fraction of sp³-hybridized carbons (Fsp3) is 0.438. The first-order valence-corrected chi connectivity index (χ1v) is 7.68. The van der Waals surface area contributed by atoms with Crippen molar-refractivity contribution in [1.82, 2.24) is 9.78 Å². The van der Waals surface area contributed by atoms with Crippen LogP contribution in [0.4, 0.5) is 0 Å². The Kier molecular flexibility index (Phi) is 3.91. The number of benzene rings is 1. The molecule has 0 fully saturated rings. The van der Waals surface area contributed by atoms with Crippen LogP contribution in [0.3, 0.4) is 0 Å². The topological polar surface area (TPSA) is 53.1 Å². The van der Waals surface area contributed by atoms with Crippen molar-refractivity contribution in [2.75, 3.05) is 6.61 Å². The van der Waals surface area contributed by atoms with E-state index in [4.69, 9.17) is 22.1 Å². The van der Waals surface area contributed by atoms with Crippen molar-refractivity contribution in [3.63, 3.8) is 0 Å². The molecule has 2 unspecified atom stereocenters. The van der Waals surface area contributed by atoms with Crippen LogP contribution in [0.1, 0.15) is 29.8 Å². The summed E-state index contributed by atoms with van der Waals surface area (Å²) in [6, 6.07) is 8.07. The fourth-order valence-corrected chi connectivity index (χ4v) is 3.18. The average molecular weight is 306 g/mol. The lowest BCUT2D eigenvalue weighted by molar-refractivity contribution is 0.312. The van der Waals surface area contributed by atoms with Crippen molar-refractivity contribution in [3.05, 3.63) is 46.2 Å². The number of ether oxygens (including phenoxy) is 1. The SMILES string of the molecule is CCn1nc(C)c(Cl)c1CC(N)C1COc2ccccc21. The molecule has 21 heavy (non-hydrogen) atoms. The second-order valence-electron chi connectivity index (χ2n) is 5.49. The molecule has 0 amide bonds. The zero-order valence-corrected chi connectivity index (χ0v) is 13.1. The summed E-state index contributed by atoms with van der Waals surface area (Å²) in [5, 5.41) is 5.19. The summed E-state index contributed by atoms with van der Waals surface area (Å²) >= 11 is 6.37. The highest BCUT2D eigenvalue weighted by Crippen LogP contribution is 2.36. The molecule has 3 rings (SSSR count). The third kappa shape index (κ3) is 2.54. The molecular weight excluding hydrogens is 286 g/mol. The summed E-state index contributed by atoms with van der Waals surface area (Å²) in [6.07, 6.45) is 0.704. The first kappa shape index (κ1) is 14.4. The minimum absolute atomic E-state index is 0.0347. The molecule has 1 aromatic heterocycles. The normalized spacial score (nSPS) is 18.4. The first-order chi connectivity index (χ1) is 10.1. The van der Waals surface area contributed by atoms with Crippen LogP contribution in [0.15, 0.2) is 24.3 Å². The van der Waals surface area contributed by atoms with E-state index in [-0.39, 0.29) is 12.0 Å². The van der Waals surface area contributed by atoms with Gasteiger partial charge in [0.25, 0.3) is 0 Å². The van der Waals surface area contributed by atoms with Gasteiger partial charge < -0.3 is 10.5 Å². The lowest BCUT2D eigenvalue weighted by Crippen LogP contribution is -2.32. The third-order valence-corrected chi connectivity index (χ3v) is 4.63. The van der Waals surface area contributed by atoms with Crippen LogP contribution in [-0.2, 0) is 13.0 Å². The Morgan fingerprint density at radius 2 is 2.24 bits per heavy atom. The molecule has 0 radical (unpaired) electrons. The molecule has 0 saturated heterocycles. The minimum atomic E-state index is -0.0347. The number of fused-ring (bicyclic) bond motifs is 1. The van der Waals surface area contributed by atoms with Gasteiger partial charge in [0, 0.05) is 30.5 Å². The molecule has 0 spiro atoms. The maximum Gasteiger partial charge on any atom is 0.122 e. The van der Waals surface area contributed by atoms with Gasteiger partial charge in [0.15, 0.2) is 0 Å². The zero-order chi connectivity index (χ0) is 15.0. The standard InChI is InChI=1S/C16H20ClN3O/c1-3-20-14(16(17)10(2)19-20)8-13(18)12-9-21-15-7-5-4-6-11(12)15/h4-7,12-13H,3,8-9,18H2,1-2H3. The molecule has 0 saturated carbocycles. The number of para-hydroxylation sites is 1. The van der Waals surface area contributed by atoms with Crippen molar-refractivity contribution < 1.29 is 4.74 Å². The van der Waals surface area contributed by atoms with Crippen molar-refractivity contribution in [2.24, 2.45) is 5.73 Å². The van der Waals surface area contributed by atoms with Gasteiger partial charge in [-0.25, -0.2) is 0 Å². The Hall–Kier alpha value is -1.52. The maximum atomic E-state index is 6.45. The summed E-state index contributed by atoms with van der Waals surface area (Å²) in [5.74, 6) is 1.15. The van der Waals surface area contributed by atoms with Crippen LogP contribution in [0.5, 0.6) is 5.75 Å². The predicted molar refractivity (Wildman–Crippen MR) is 84.0 cm³/mol. The Labute approximate surface area is 129 Å². The largest absolute Gasteiger partial charge is 0.493 e. The first-order valence-electron chi connectivity index (χ1n) is 7.31. The second-order valence-corrected chi connectivity index (χ2v) is 5.86. The summed E-state index contributed by atoms with van der Waals surface area (Å²) in [4.78, 5) is 0. The Balaban J connectivity index is 1.83. The van der Waals surface area contributed by atoms with Crippen LogP contribution in [0.2, 0.25) is 5.02 Å². The summed E-state index contributed by atoms with van der Waals surface area (Å²) in [5.41, 5.74) is 9.53. The highest BCUT2D eigenvalue weighted by molar-refractivity contribution is 6.31. The van der Waals surface area contributed by atoms with E-state index in [0.717, 1.165) is 28.7 Å². The minimum Gasteiger partial charge on any atom is -0.493 e. The lowest BCUT2D eigenvalue weighted by Gasteiger charge is -2.19. The van der Waals surface area contributed by atoms with Gasteiger partial charge >= 0.3 is 0 Å². The number of nitrogens with zero attached hydrogens (tertiary/aromatic N) is 2. The molecular formula is C16H20ClN3O. The van der Waals surface area contributed by atoms with E-state index in [1.165, 1.54) is 5.56 Å². The highest BCUT2D eigenvalue weighted by Gasteiger charge is 2.30. The predicted octanol–water partition coefficient (Wildman–Crippen LogP) is 2.91. The summed E-state index contributed by atoms with van der Waals surface area (Å²) in [7, 11) is 0. The van der Waals surface area contributed by atoms with Crippen LogP contribution >= 0.6 is 11.6 Å². The Bertz CT molecular complexity index is 653. The molecule has 112 valence electrons. The molecule has 4 nitrogen and oxygen atoms in total. The number of hydrogen-bond acceptors (Lipinski definition) is 3. The van der Waals surface area contributed by atoms with E-state index in [1.807, 2.05) is 29.8 Å². The summed E-state index contributed by atoms with van der Waals surface area (Å²) in [6.45, 7) is 5.42. The number of aromatic nitrogens is 2. The molecule has 0 aliphatic carbocycles. The Morgan fingerprint density at radius 3 is 3.00 bits per heavy atom.